The highest BCUT2D eigenvalue weighted by atomic mass is 32.1. The van der Waals surface area contributed by atoms with E-state index in [0.29, 0.717) is 17.8 Å². The number of anilines is 1. The Morgan fingerprint density at radius 2 is 2.14 bits per heavy atom. The lowest BCUT2D eigenvalue weighted by Gasteiger charge is -2.04. The minimum absolute atomic E-state index is 0.124. The molecule has 0 bridgehead atoms. The average Bonchev–Trinajstić information content (AvgIpc) is 3.19. The molecule has 0 saturated heterocycles. The zero-order valence-electron chi connectivity index (χ0n) is 10.8. The molecule has 0 atom stereocenters. The molecule has 4 nitrogen and oxygen atoms in total. The molecule has 0 radical (unpaired) electrons. The third-order valence-electron chi connectivity index (χ3n) is 3.34. The van der Waals surface area contributed by atoms with Crippen molar-refractivity contribution in [2.45, 2.75) is 19.0 Å². The lowest BCUT2D eigenvalue weighted by atomic mass is 10.2. The van der Waals surface area contributed by atoms with Gasteiger partial charge in [-0.25, -0.2) is 4.98 Å². The molecule has 2 heterocycles. The lowest BCUT2D eigenvalue weighted by molar-refractivity contribution is -0.140. The number of nitrogens with zero attached hydrogens (tertiary/aromatic N) is 1. The summed E-state index contributed by atoms with van der Waals surface area (Å²) < 4.78 is 37.9. The highest BCUT2D eigenvalue weighted by Crippen LogP contribution is 2.36. The van der Waals surface area contributed by atoms with Crippen molar-refractivity contribution in [1.29, 1.82) is 0 Å². The number of rotatable bonds is 3. The zero-order chi connectivity index (χ0) is 15.2. The van der Waals surface area contributed by atoms with Gasteiger partial charge in [0.2, 0.25) is 0 Å². The molecule has 0 aliphatic heterocycles. The number of nitrogens with two attached hydrogens (primary N) is 1. The van der Waals surface area contributed by atoms with Crippen LogP contribution in [0.2, 0.25) is 0 Å². The molecule has 1 amide bonds. The second-order valence-electron chi connectivity index (χ2n) is 5.05. The van der Waals surface area contributed by atoms with Gasteiger partial charge >= 0.3 is 6.18 Å². The predicted molar refractivity (Wildman–Crippen MR) is 74.1 cm³/mol. The van der Waals surface area contributed by atoms with Gasteiger partial charge < -0.3 is 11.1 Å². The molecule has 0 unspecified atom stereocenters. The highest BCUT2D eigenvalue weighted by molar-refractivity contribution is 7.21. The van der Waals surface area contributed by atoms with Crippen LogP contribution < -0.4 is 11.1 Å². The van der Waals surface area contributed by atoms with Crippen LogP contribution in [-0.2, 0) is 6.18 Å². The number of carbonyl (C=O) groups is 1. The number of halogens is 3. The second-order valence-corrected chi connectivity index (χ2v) is 6.04. The van der Waals surface area contributed by atoms with Crippen LogP contribution in [0.3, 0.4) is 0 Å². The van der Waals surface area contributed by atoms with E-state index in [-0.39, 0.29) is 21.3 Å². The Kier molecular flexibility index (Phi) is 3.27. The number of amides is 1. The van der Waals surface area contributed by atoms with Crippen molar-refractivity contribution < 1.29 is 18.0 Å². The van der Waals surface area contributed by atoms with E-state index in [4.69, 9.17) is 5.73 Å². The predicted octanol–water partition coefficient (Wildman–Crippen LogP) is 3.04. The van der Waals surface area contributed by atoms with Gasteiger partial charge in [-0.15, -0.1) is 11.3 Å². The standard InChI is InChI=1S/C13H12F3N3OS/c14-13(15,16)8-4-3-7-9(17)10(21-12(7)19-8)11(20)18-5-6-1-2-6/h3-4,6H,1-2,5,17H2,(H,18,20). The summed E-state index contributed by atoms with van der Waals surface area (Å²) in [6.07, 6.45) is -2.32. The molecule has 21 heavy (non-hydrogen) atoms. The van der Waals surface area contributed by atoms with Crippen LogP contribution in [0.4, 0.5) is 18.9 Å². The maximum absolute atomic E-state index is 12.6. The Hall–Kier alpha value is -1.83. The summed E-state index contributed by atoms with van der Waals surface area (Å²) in [4.78, 5) is 15.9. The Morgan fingerprint density at radius 1 is 1.43 bits per heavy atom. The molecule has 3 N–H and O–H groups in total. The summed E-state index contributed by atoms with van der Waals surface area (Å²) in [6, 6.07) is 2.13. The van der Waals surface area contributed by atoms with E-state index in [9.17, 15) is 18.0 Å². The summed E-state index contributed by atoms with van der Waals surface area (Å²) in [6.45, 7) is 0.577. The molecule has 3 rings (SSSR count). The van der Waals surface area contributed by atoms with Crippen molar-refractivity contribution in [3.8, 4) is 0 Å². The first-order valence-electron chi connectivity index (χ1n) is 6.40. The van der Waals surface area contributed by atoms with Gasteiger partial charge in [0, 0.05) is 11.9 Å². The number of thiophene rings is 1. The van der Waals surface area contributed by atoms with Crippen molar-refractivity contribution in [2.24, 2.45) is 5.92 Å². The molecule has 0 spiro atoms. The Labute approximate surface area is 122 Å². The Morgan fingerprint density at radius 3 is 2.76 bits per heavy atom. The Bertz CT molecular complexity index is 706. The number of hydrogen-bond donors (Lipinski definition) is 2. The van der Waals surface area contributed by atoms with E-state index in [1.807, 2.05) is 0 Å². The zero-order valence-corrected chi connectivity index (χ0v) is 11.6. The lowest BCUT2D eigenvalue weighted by Crippen LogP contribution is -2.25. The van der Waals surface area contributed by atoms with E-state index < -0.39 is 11.9 Å². The van der Waals surface area contributed by atoms with Gasteiger partial charge in [-0.1, -0.05) is 0 Å². The first kappa shape index (κ1) is 14.1. The Balaban J connectivity index is 1.92. The minimum Gasteiger partial charge on any atom is -0.397 e. The maximum atomic E-state index is 12.6. The molecule has 1 saturated carbocycles. The fourth-order valence-electron chi connectivity index (χ4n) is 1.96. The molecule has 1 aliphatic carbocycles. The van der Waals surface area contributed by atoms with Crippen LogP contribution in [0.5, 0.6) is 0 Å². The van der Waals surface area contributed by atoms with Crippen LogP contribution >= 0.6 is 11.3 Å². The van der Waals surface area contributed by atoms with Gasteiger partial charge in [0.1, 0.15) is 15.4 Å². The largest absolute Gasteiger partial charge is 0.433 e. The molecule has 8 heteroatoms. The normalized spacial score (nSPS) is 15.4. The van der Waals surface area contributed by atoms with E-state index in [0.717, 1.165) is 30.2 Å². The number of pyridine rings is 1. The SMILES string of the molecule is Nc1c(C(=O)NCC2CC2)sc2nc(C(F)(F)F)ccc12. The smallest absolute Gasteiger partial charge is 0.397 e. The highest BCUT2D eigenvalue weighted by Gasteiger charge is 2.33. The van der Waals surface area contributed by atoms with Gasteiger partial charge in [0.15, 0.2) is 0 Å². The molecular formula is C13H12F3N3OS. The topological polar surface area (TPSA) is 68.0 Å². The van der Waals surface area contributed by atoms with Crippen molar-refractivity contribution >= 4 is 33.1 Å². The summed E-state index contributed by atoms with van der Waals surface area (Å²) >= 11 is 0.886. The first-order chi connectivity index (χ1) is 9.86. The van der Waals surface area contributed by atoms with E-state index in [2.05, 4.69) is 10.3 Å². The van der Waals surface area contributed by atoms with Gasteiger partial charge in [0.05, 0.1) is 5.69 Å². The summed E-state index contributed by atoms with van der Waals surface area (Å²) in [5.74, 6) is 0.162. The third kappa shape index (κ3) is 2.80. The quantitative estimate of drug-likeness (QED) is 0.915. The second kappa shape index (κ2) is 4.87. The minimum atomic E-state index is -4.51. The van der Waals surface area contributed by atoms with Crippen LogP contribution in [0.1, 0.15) is 28.2 Å². The van der Waals surface area contributed by atoms with Crippen molar-refractivity contribution in [2.75, 3.05) is 12.3 Å². The molecule has 1 aliphatic rings. The molecular weight excluding hydrogens is 303 g/mol. The van der Waals surface area contributed by atoms with E-state index >= 15 is 0 Å². The van der Waals surface area contributed by atoms with Gasteiger partial charge in [0.25, 0.3) is 5.91 Å². The molecule has 2 aromatic rings. The van der Waals surface area contributed by atoms with E-state index in [1.165, 1.54) is 6.07 Å². The monoisotopic (exact) mass is 315 g/mol. The number of aromatic nitrogens is 1. The number of nitrogen functional groups attached to an aromatic ring is 1. The van der Waals surface area contributed by atoms with Gasteiger partial charge in [-0.05, 0) is 30.9 Å². The van der Waals surface area contributed by atoms with E-state index in [1.54, 1.807) is 0 Å². The van der Waals surface area contributed by atoms with Crippen LogP contribution in [0.25, 0.3) is 10.2 Å². The first-order valence-corrected chi connectivity index (χ1v) is 7.22. The summed E-state index contributed by atoms with van der Waals surface area (Å²) in [5.41, 5.74) is 5.05. The number of nitrogens with one attached hydrogen (secondary N) is 1. The van der Waals surface area contributed by atoms with Gasteiger partial charge in [-0.2, -0.15) is 13.2 Å². The van der Waals surface area contributed by atoms with Crippen molar-refractivity contribution in [3.63, 3.8) is 0 Å². The molecule has 1 fully saturated rings. The van der Waals surface area contributed by atoms with Crippen LogP contribution in [0, 0.1) is 5.92 Å². The van der Waals surface area contributed by atoms with Gasteiger partial charge in [-0.3, -0.25) is 4.79 Å². The fraction of sp³-hybridized carbons (Fsp3) is 0.385. The van der Waals surface area contributed by atoms with Crippen LogP contribution in [-0.4, -0.2) is 17.4 Å². The number of fused-ring (bicyclic) bond motifs is 1. The summed E-state index contributed by atoms with van der Waals surface area (Å²) in [5, 5.41) is 3.13. The maximum Gasteiger partial charge on any atom is 0.433 e. The third-order valence-corrected chi connectivity index (χ3v) is 4.45. The average molecular weight is 315 g/mol. The summed E-state index contributed by atoms with van der Waals surface area (Å²) in [7, 11) is 0. The fourth-order valence-corrected chi connectivity index (χ4v) is 2.97. The van der Waals surface area contributed by atoms with Crippen molar-refractivity contribution in [3.05, 3.63) is 22.7 Å². The molecule has 2 aromatic heterocycles. The number of hydrogen-bond acceptors (Lipinski definition) is 4. The number of carbonyl (C=O) groups excluding carboxylic acids is 1. The molecule has 0 aromatic carbocycles. The van der Waals surface area contributed by atoms with Crippen molar-refractivity contribution in [1.82, 2.24) is 10.3 Å². The number of alkyl halides is 3. The van der Waals surface area contributed by atoms with Crippen LogP contribution in [0.15, 0.2) is 12.1 Å². The molecule has 112 valence electrons.